The first-order chi connectivity index (χ1) is 17.1. The van der Waals surface area contributed by atoms with E-state index < -0.39 is 22.5 Å². The predicted octanol–water partition coefficient (Wildman–Crippen LogP) is 4.89. The smallest absolute Gasteiger partial charge is 0.366 e. The summed E-state index contributed by atoms with van der Waals surface area (Å²) in [4.78, 5) is 25.6. The summed E-state index contributed by atoms with van der Waals surface area (Å²) in [6.45, 7) is 7.59. The number of hydrogen-bond donors (Lipinski definition) is 2. The number of nitrogens with one attached hydrogen (secondary N) is 1. The molecule has 1 aromatic heterocycles. The molecule has 1 atom stereocenters. The van der Waals surface area contributed by atoms with Gasteiger partial charge < -0.3 is 14.9 Å². The second-order valence-electron chi connectivity index (χ2n) is 9.62. The molecular formula is C30H28N2O4. The molecule has 0 spiro atoms. The minimum atomic E-state index is -2.00. The highest BCUT2D eigenvalue weighted by Crippen LogP contribution is 2.33. The number of nitrogens with zero attached hydrogens (tertiary/aromatic N) is 1. The molecule has 0 aliphatic heterocycles. The van der Waals surface area contributed by atoms with Gasteiger partial charge in [0, 0.05) is 23.1 Å². The number of aromatic nitrogens is 1. The van der Waals surface area contributed by atoms with Gasteiger partial charge in [-0.1, -0.05) is 79.4 Å². The van der Waals surface area contributed by atoms with Gasteiger partial charge >= 0.3 is 5.63 Å². The number of benzene rings is 3. The average Bonchev–Trinajstić information content (AvgIpc) is 2.86. The number of amides is 1. The van der Waals surface area contributed by atoms with Gasteiger partial charge in [0.2, 0.25) is 5.60 Å². The van der Waals surface area contributed by atoms with Crippen LogP contribution in [-0.2, 0) is 10.2 Å². The van der Waals surface area contributed by atoms with Crippen LogP contribution >= 0.6 is 0 Å². The Morgan fingerprint density at radius 2 is 1.69 bits per heavy atom. The topological polar surface area (TPSA) is 92.4 Å². The third kappa shape index (κ3) is 5.22. The van der Waals surface area contributed by atoms with Gasteiger partial charge in [-0.2, -0.15) is 0 Å². The minimum Gasteiger partial charge on any atom is -0.369 e. The molecule has 6 nitrogen and oxygen atoms in total. The Hall–Kier alpha value is -4.21. The van der Waals surface area contributed by atoms with E-state index in [9.17, 15) is 14.7 Å². The summed E-state index contributed by atoms with van der Waals surface area (Å²) in [5.74, 6) is 5.24. The molecule has 1 amide bonds. The Balaban J connectivity index is 1.73. The highest BCUT2D eigenvalue weighted by molar-refractivity contribution is 6.01. The van der Waals surface area contributed by atoms with Crippen LogP contribution in [0.3, 0.4) is 0 Å². The molecule has 0 saturated heterocycles. The minimum absolute atomic E-state index is 0.0620. The first kappa shape index (κ1) is 24.9. The van der Waals surface area contributed by atoms with Crippen LogP contribution in [0.1, 0.15) is 42.7 Å². The number of anilines is 1. The van der Waals surface area contributed by atoms with Crippen LogP contribution in [0, 0.1) is 25.7 Å². The molecule has 4 aromatic rings. The van der Waals surface area contributed by atoms with Gasteiger partial charge in [0.1, 0.15) is 0 Å². The first-order valence-electron chi connectivity index (χ1n) is 11.7. The zero-order chi connectivity index (χ0) is 25.9. The van der Waals surface area contributed by atoms with Gasteiger partial charge in [-0.15, -0.1) is 0 Å². The SMILES string of the molecule is Cc1ccccc1C#CC(O)(CC(C)(C)c1ccccc1)C(=O)Nc1ccc2c(=O)onc(C)c2c1. The fourth-order valence-corrected chi connectivity index (χ4v) is 4.24. The quantitative estimate of drug-likeness (QED) is 0.397. The molecule has 3 aromatic carbocycles. The number of rotatable bonds is 5. The van der Waals surface area contributed by atoms with E-state index in [-0.39, 0.29) is 6.42 Å². The Bertz CT molecular complexity index is 1540. The third-order valence-corrected chi connectivity index (χ3v) is 6.33. The average molecular weight is 481 g/mol. The molecule has 4 rings (SSSR count). The standard InChI is InChI=1S/C30H28N2O4/c1-20-10-8-9-11-22(20)16-17-30(35,19-29(3,4)23-12-6-5-7-13-23)28(34)31-24-14-15-25-26(18-24)21(2)32-36-27(25)33/h5-15,18,35H,19H2,1-4H3,(H,31,34). The summed E-state index contributed by atoms with van der Waals surface area (Å²) in [7, 11) is 0. The first-order valence-corrected chi connectivity index (χ1v) is 11.7. The second-order valence-corrected chi connectivity index (χ2v) is 9.62. The summed E-state index contributed by atoms with van der Waals surface area (Å²) in [5.41, 5.74) is 0.478. The summed E-state index contributed by atoms with van der Waals surface area (Å²) in [6, 6.07) is 22.1. The largest absolute Gasteiger partial charge is 0.369 e. The van der Waals surface area contributed by atoms with Gasteiger partial charge in [0.15, 0.2) is 0 Å². The van der Waals surface area contributed by atoms with E-state index in [2.05, 4.69) is 22.3 Å². The molecule has 182 valence electrons. The highest BCUT2D eigenvalue weighted by atomic mass is 16.5. The van der Waals surface area contributed by atoms with Crippen molar-refractivity contribution in [3.8, 4) is 11.8 Å². The van der Waals surface area contributed by atoms with Crippen molar-refractivity contribution in [3.05, 3.63) is 106 Å². The highest BCUT2D eigenvalue weighted by Gasteiger charge is 2.41. The summed E-state index contributed by atoms with van der Waals surface area (Å²) >= 11 is 0. The summed E-state index contributed by atoms with van der Waals surface area (Å²) in [6.07, 6.45) is 0.0620. The Kier molecular flexibility index (Phi) is 6.78. The molecule has 0 bridgehead atoms. The number of aliphatic hydroxyl groups is 1. The lowest BCUT2D eigenvalue weighted by Gasteiger charge is -2.32. The maximum Gasteiger partial charge on any atom is 0.366 e. The number of hydrogen-bond acceptors (Lipinski definition) is 5. The van der Waals surface area contributed by atoms with Crippen molar-refractivity contribution in [2.45, 2.75) is 45.1 Å². The van der Waals surface area contributed by atoms with Crippen molar-refractivity contribution in [1.29, 1.82) is 0 Å². The van der Waals surface area contributed by atoms with E-state index in [1.807, 2.05) is 75.4 Å². The van der Waals surface area contributed by atoms with E-state index in [0.717, 1.165) is 16.7 Å². The molecule has 2 N–H and O–H groups in total. The zero-order valence-electron chi connectivity index (χ0n) is 20.8. The molecule has 0 aliphatic carbocycles. The van der Waals surface area contributed by atoms with Crippen molar-refractivity contribution in [2.75, 3.05) is 5.32 Å². The van der Waals surface area contributed by atoms with Crippen LogP contribution in [0.25, 0.3) is 10.8 Å². The number of aryl methyl sites for hydroxylation is 2. The van der Waals surface area contributed by atoms with Crippen LogP contribution in [0.15, 0.2) is 82.1 Å². The zero-order valence-corrected chi connectivity index (χ0v) is 20.8. The van der Waals surface area contributed by atoms with E-state index >= 15 is 0 Å². The van der Waals surface area contributed by atoms with E-state index in [1.54, 1.807) is 25.1 Å². The summed E-state index contributed by atoms with van der Waals surface area (Å²) in [5, 5.41) is 19.2. The van der Waals surface area contributed by atoms with Gasteiger partial charge in [0.05, 0.1) is 11.1 Å². The van der Waals surface area contributed by atoms with Gasteiger partial charge in [0.25, 0.3) is 5.91 Å². The Labute approximate surface area is 210 Å². The van der Waals surface area contributed by atoms with E-state index in [4.69, 9.17) is 4.52 Å². The summed E-state index contributed by atoms with van der Waals surface area (Å²) < 4.78 is 4.78. The maximum absolute atomic E-state index is 13.6. The number of fused-ring (bicyclic) bond motifs is 1. The van der Waals surface area contributed by atoms with Crippen LogP contribution in [0.4, 0.5) is 5.69 Å². The van der Waals surface area contributed by atoms with E-state index in [1.165, 1.54) is 0 Å². The van der Waals surface area contributed by atoms with Crippen molar-refractivity contribution < 1.29 is 14.4 Å². The normalized spacial score (nSPS) is 12.9. The molecule has 6 heteroatoms. The predicted molar refractivity (Wildman–Crippen MR) is 141 cm³/mol. The van der Waals surface area contributed by atoms with Gasteiger partial charge in [-0.05, 0) is 54.7 Å². The third-order valence-electron chi connectivity index (χ3n) is 6.33. The van der Waals surface area contributed by atoms with Crippen LogP contribution < -0.4 is 10.9 Å². The van der Waals surface area contributed by atoms with Crippen molar-refractivity contribution in [1.82, 2.24) is 5.16 Å². The molecule has 0 aliphatic rings. The fourth-order valence-electron chi connectivity index (χ4n) is 4.24. The second kappa shape index (κ2) is 9.80. The molecule has 0 fully saturated rings. The lowest BCUT2D eigenvalue weighted by molar-refractivity contribution is -0.130. The van der Waals surface area contributed by atoms with E-state index in [0.29, 0.717) is 22.2 Å². The monoisotopic (exact) mass is 480 g/mol. The molecule has 0 radical (unpaired) electrons. The maximum atomic E-state index is 13.6. The number of carbonyl (C=O) groups is 1. The number of carbonyl (C=O) groups excluding carboxylic acids is 1. The Morgan fingerprint density at radius 1 is 1.00 bits per heavy atom. The van der Waals surface area contributed by atoms with Gasteiger partial charge in [-0.25, -0.2) is 4.79 Å². The molecular weight excluding hydrogens is 452 g/mol. The molecule has 1 unspecified atom stereocenters. The van der Waals surface area contributed by atoms with Gasteiger partial charge in [-0.3, -0.25) is 4.79 Å². The van der Waals surface area contributed by atoms with Crippen LogP contribution in [-0.4, -0.2) is 21.8 Å². The van der Waals surface area contributed by atoms with Crippen molar-refractivity contribution in [2.24, 2.45) is 0 Å². The van der Waals surface area contributed by atoms with Crippen molar-refractivity contribution in [3.63, 3.8) is 0 Å². The Morgan fingerprint density at radius 3 is 2.42 bits per heavy atom. The fraction of sp³-hybridized carbons (Fsp3) is 0.233. The molecule has 36 heavy (non-hydrogen) atoms. The molecule has 1 heterocycles. The van der Waals surface area contributed by atoms with Crippen LogP contribution in [0.5, 0.6) is 0 Å². The van der Waals surface area contributed by atoms with Crippen molar-refractivity contribution >= 4 is 22.4 Å². The molecule has 0 saturated carbocycles. The lowest BCUT2D eigenvalue weighted by atomic mass is 9.75. The van der Waals surface area contributed by atoms with Crippen LogP contribution in [0.2, 0.25) is 0 Å². The lowest BCUT2D eigenvalue weighted by Crippen LogP contribution is -2.46.